The lowest BCUT2D eigenvalue weighted by Gasteiger charge is -2.34. The summed E-state index contributed by atoms with van der Waals surface area (Å²) in [7, 11) is 0. The normalized spacial score (nSPS) is 20.4. The molecule has 1 amide bonds. The minimum Gasteiger partial charge on any atom is -0.379 e. The third-order valence-electron chi connectivity index (χ3n) is 2.59. The van der Waals surface area contributed by atoms with Crippen molar-refractivity contribution < 1.29 is 9.53 Å². The Labute approximate surface area is 84.7 Å². The Morgan fingerprint density at radius 3 is 2.57 bits per heavy atom. The molecule has 4 nitrogen and oxygen atoms in total. The molecule has 0 aromatic heterocycles. The number of hydrogen-bond donors (Lipinski definition) is 1. The number of ether oxygens (including phenoxy) is 1. The highest BCUT2D eigenvalue weighted by Crippen LogP contribution is 2.14. The van der Waals surface area contributed by atoms with Gasteiger partial charge >= 0.3 is 0 Å². The molecule has 0 radical (unpaired) electrons. The number of nitrogens with two attached hydrogens (primary N) is 1. The average Bonchev–Trinajstić information content (AvgIpc) is 2.20. The predicted octanol–water partition coefficient (Wildman–Crippen LogP) is 0.139. The van der Waals surface area contributed by atoms with Gasteiger partial charge in [-0.15, -0.1) is 0 Å². The second kappa shape index (κ2) is 5.12. The lowest BCUT2D eigenvalue weighted by Crippen LogP contribution is -2.45. The summed E-state index contributed by atoms with van der Waals surface area (Å²) in [5.74, 6) is -0.400. The largest absolute Gasteiger partial charge is 0.379 e. The van der Waals surface area contributed by atoms with Gasteiger partial charge in [0.2, 0.25) is 5.91 Å². The topological polar surface area (TPSA) is 55.6 Å². The number of nitrogens with zero attached hydrogens (tertiary/aromatic N) is 1. The van der Waals surface area contributed by atoms with Crippen molar-refractivity contribution in [2.24, 2.45) is 5.73 Å². The number of hydrogen-bond acceptors (Lipinski definition) is 3. The van der Waals surface area contributed by atoms with Crippen molar-refractivity contribution >= 4 is 5.91 Å². The third-order valence-corrected chi connectivity index (χ3v) is 2.59. The summed E-state index contributed by atoms with van der Waals surface area (Å²) in [5.41, 5.74) is 5.73. The Morgan fingerprint density at radius 2 is 2.14 bits per heavy atom. The first-order valence-corrected chi connectivity index (χ1v) is 4.97. The fourth-order valence-corrected chi connectivity index (χ4v) is 1.78. The van der Waals surface area contributed by atoms with Crippen molar-refractivity contribution in [3.63, 3.8) is 0 Å². The van der Waals surface area contributed by atoms with E-state index in [0.717, 1.165) is 32.7 Å². The van der Waals surface area contributed by atoms with E-state index in [1.54, 1.807) is 0 Å². The highest BCUT2D eigenvalue weighted by molar-refractivity contribution is 5.92. The van der Waals surface area contributed by atoms with Crippen LogP contribution in [0, 0.1) is 0 Å². The second-order valence-electron chi connectivity index (χ2n) is 3.46. The Balaban J connectivity index is 2.59. The maximum absolute atomic E-state index is 11.0. The van der Waals surface area contributed by atoms with Crippen LogP contribution >= 0.6 is 0 Å². The SMILES string of the molecule is C=C(C(N)=O)C(CC)N1CCOCC1. The fourth-order valence-electron chi connectivity index (χ4n) is 1.78. The number of morpholine rings is 1. The van der Waals surface area contributed by atoms with Gasteiger partial charge in [-0.3, -0.25) is 9.69 Å². The van der Waals surface area contributed by atoms with Gasteiger partial charge in [0.15, 0.2) is 0 Å². The number of carbonyl (C=O) groups excluding carboxylic acids is 1. The molecule has 1 atom stereocenters. The molecule has 1 unspecified atom stereocenters. The summed E-state index contributed by atoms with van der Waals surface area (Å²) in [5, 5.41) is 0. The van der Waals surface area contributed by atoms with Crippen LogP contribution in [0.15, 0.2) is 12.2 Å². The van der Waals surface area contributed by atoms with Gasteiger partial charge in [0, 0.05) is 24.7 Å². The summed E-state index contributed by atoms with van der Waals surface area (Å²) in [6.07, 6.45) is 0.863. The van der Waals surface area contributed by atoms with E-state index in [2.05, 4.69) is 11.5 Å². The maximum atomic E-state index is 11.0. The van der Waals surface area contributed by atoms with Gasteiger partial charge in [0.05, 0.1) is 13.2 Å². The van der Waals surface area contributed by atoms with Crippen molar-refractivity contribution in [1.29, 1.82) is 0 Å². The molecule has 0 aromatic rings. The van der Waals surface area contributed by atoms with E-state index in [0.29, 0.717) is 5.57 Å². The van der Waals surface area contributed by atoms with Gasteiger partial charge in [0.1, 0.15) is 0 Å². The van der Waals surface area contributed by atoms with Crippen LogP contribution in [-0.4, -0.2) is 43.2 Å². The molecule has 1 aliphatic rings. The number of carbonyl (C=O) groups is 1. The molecule has 0 bridgehead atoms. The zero-order valence-corrected chi connectivity index (χ0v) is 8.66. The number of primary amides is 1. The van der Waals surface area contributed by atoms with Crippen molar-refractivity contribution in [2.45, 2.75) is 19.4 Å². The van der Waals surface area contributed by atoms with E-state index in [1.165, 1.54) is 0 Å². The molecular formula is C10H18N2O2. The summed E-state index contributed by atoms with van der Waals surface area (Å²) in [4.78, 5) is 13.2. The molecule has 1 fully saturated rings. The molecule has 4 heteroatoms. The Morgan fingerprint density at radius 1 is 1.57 bits per heavy atom. The second-order valence-corrected chi connectivity index (χ2v) is 3.46. The van der Waals surface area contributed by atoms with Crippen LogP contribution in [0.1, 0.15) is 13.3 Å². The minimum absolute atomic E-state index is 0.0800. The van der Waals surface area contributed by atoms with Crippen LogP contribution in [0.5, 0.6) is 0 Å². The molecule has 0 aliphatic carbocycles. The molecule has 1 rings (SSSR count). The van der Waals surface area contributed by atoms with E-state index < -0.39 is 5.91 Å². The van der Waals surface area contributed by atoms with Crippen LogP contribution in [0.2, 0.25) is 0 Å². The summed E-state index contributed by atoms with van der Waals surface area (Å²) < 4.78 is 5.25. The molecule has 0 spiro atoms. The lowest BCUT2D eigenvalue weighted by molar-refractivity contribution is -0.115. The monoisotopic (exact) mass is 198 g/mol. The Kier molecular flexibility index (Phi) is 4.10. The minimum atomic E-state index is -0.400. The zero-order valence-electron chi connectivity index (χ0n) is 8.66. The van der Waals surface area contributed by atoms with Gasteiger partial charge in [0.25, 0.3) is 0 Å². The zero-order chi connectivity index (χ0) is 10.6. The lowest BCUT2D eigenvalue weighted by atomic mass is 10.0. The van der Waals surface area contributed by atoms with E-state index in [1.807, 2.05) is 6.92 Å². The summed E-state index contributed by atoms with van der Waals surface area (Å²) >= 11 is 0. The van der Waals surface area contributed by atoms with E-state index >= 15 is 0 Å². The molecule has 80 valence electrons. The standard InChI is InChI=1S/C10H18N2O2/c1-3-9(8(2)10(11)13)12-4-6-14-7-5-12/h9H,2-7H2,1H3,(H2,11,13). The van der Waals surface area contributed by atoms with Crippen molar-refractivity contribution in [1.82, 2.24) is 4.90 Å². The van der Waals surface area contributed by atoms with Gasteiger partial charge < -0.3 is 10.5 Å². The van der Waals surface area contributed by atoms with Crippen LogP contribution in [0.25, 0.3) is 0 Å². The number of rotatable bonds is 4. The molecule has 1 heterocycles. The average molecular weight is 198 g/mol. The fraction of sp³-hybridized carbons (Fsp3) is 0.700. The molecule has 0 saturated carbocycles. The highest BCUT2D eigenvalue weighted by atomic mass is 16.5. The molecule has 1 saturated heterocycles. The first-order valence-electron chi connectivity index (χ1n) is 4.97. The Bertz CT molecular complexity index is 222. The summed E-state index contributed by atoms with van der Waals surface area (Å²) in [6.45, 7) is 8.93. The van der Waals surface area contributed by atoms with Crippen molar-refractivity contribution in [3.8, 4) is 0 Å². The quantitative estimate of drug-likeness (QED) is 0.654. The first kappa shape index (κ1) is 11.2. The number of amides is 1. The van der Waals surface area contributed by atoms with E-state index in [4.69, 9.17) is 10.5 Å². The van der Waals surface area contributed by atoms with Crippen molar-refractivity contribution in [3.05, 3.63) is 12.2 Å². The first-order chi connectivity index (χ1) is 6.66. The van der Waals surface area contributed by atoms with Crippen molar-refractivity contribution in [2.75, 3.05) is 26.3 Å². The molecule has 2 N–H and O–H groups in total. The van der Waals surface area contributed by atoms with Crippen LogP contribution in [0.4, 0.5) is 0 Å². The summed E-state index contributed by atoms with van der Waals surface area (Å²) in [6, 6.07) is 0.0800. The van der Waals surface area contributed by atoms with Crippen LogP contribution < -0.4 is 5.73 Å². The van der Waals surface area contributed by atoms with Gasteiger partial charge in [-0.05, 0) is 6.42 Å². The molecule has 1 aliphatic heterocycles. The maximum Gasteiger partial charge on any atom is 0.245 e. The van der Waals surface area contributed by atoms with Crippen LogP contribution in [0.3, 0.4) is 0 Å². The van der Waals surface area contributed by atoms with Gasteiger partial charge in [-0.2, -0.15) is 0 Å². The Hall–Kier alpha value is -0.870. The van der Waals surface area contributed by atoms with Gasteiger partial charge in [-0.25, -0.2) is 0 Å². The molecule has 14 heavy (non-hydrogen) atoms. The molecular weight excluding hydrogens is 180 g/mol. The smallest absolute Gasteiger partial charge is 0.245 e. The predicted molar refractivity (Wildman–Crippen MR) is 54.8 cm³/mol. The molecule has 0 aromatic carbocycles. The highest BCUT2D eigenvalue weighted by Gasteiger charge is 2.23. The van der Waals surface area contributed by atoms with E-state index in [-0.39, 0.29) is 6.04 Å². The van der Waals surface area contributed by atoms with Crippen LogP contribution in [-0.2, 0) is 9.53 Å². The van der Waals surface area contributed by atoms with Gasteiger partial charge in [-0.1, -0.05) is 13.5 Å². The van der Waals surface area contributed by atoms with E-state index in [9.17, 15) is 4.79 Å². The third kappa shape index (κ3) is 2.56.